The average molecular weight is 447 g/mol. The quantitative estimate of drug-likeness (QED) is 0.407. The molecule has 0 aromatic heterocycles. The highest BCUT2D eigenvalue weighted by molar-refractivity contribution is 6.22. The van der Waals surface area contributed by atoms with Crippen molar-refractivity contribution in [3.8, 4) is 5.75 Å². The van der Waals surface area contributed by atoms with Crippen LogP contribution in [0, 0.1) is 24.7 Å². The van der Waals surface area contributed by atoms with Crippen molar-refractivity contribution in [2.45, 2.75) is 39.0 Å². The smallest absolute Gasteiger partial charge is 0.316 e. The number of amides is 3. The standard InChI is InChI=1S/C26H26N2O5/c1-16-9-11-18(12-10-16)27-15-17(13-23(27)29)26(32)33-20-6-4-5-19(14-20)28-24(30)21-7-2-3-8-22(21)25(28)31/h4-6,9-12,14,17,21-22H,2-3,7-8,13,15H2,1H3/t17-,21+,22+/m1/s1. The fraction of sp³-hybridized carbons (Fsp3) is 0.385. The molecule has 1 saturated carbocycles. The zero-order valence-corrected chi connectivity index (χ0v) is 18.5. The number of ether oxygens (including phenoxy) is 1. The SMILES string of the molecule is Cc1ccc(N2C[C@H](C(=O)Oc3cccc(N4C(=O)[C@H]5CCCC[C@@H]5C4=O)c3)CC2=O)cc1. The average Bonchev–Trinajstić information content (AvgIpc) is 3.32. The van der Waals surface area contributed by atoms with Crippen LogP contribution in [-0.2, 0) is 19.2 Å². The van der Waals surface area contributed by atoms with Crippen molar-refractivity contribution >= 4 is 35.1 Å². The van der Waals surface area contributed by atoms with E-state index in [1.165, 1.54) is 4.90 Å². The van der Waals surface area contributed by atoms with E-state index in [-0.39, 0.29) is 48.3 Å². The highest BCUT2D eigenvalue weighted by Crippen LogP contribution is 2.40. The lowest BCUT2D eigenvalue weighted by Gasteiger charge is -2.19. The lowest BCUT2D eigenvalue weighted by molar-refractivity contribution is -0.139. The van der Waals surface area contributed by atoms with Gasteiger partial charge in [-0.05, 0) is 44.0 Å². The number of aryl methyl sites for hydroxylation is 1. The van der Waals surface area contributed by atoms with Crippen molar-refractivity contribution in [1.82, 2.24) is 0 Å². The van der Waals surface area contributed by atoms with Gasteiger partial charge in [-0.25, -0.2) is 4.90 Å². The number of imide groups is 1. The molecule has 3 fully saturated rings. The first-order valence-electron chi connectivity index (χ1n) is 11.5. The summed E-state index contributed by atoms with van der Waals surface area (Å²) in [5.41, 5.74) is 2.28. The molecule has 2 saturated heterocycles. The van der Waals surface area contributed by atoms with Gasteiger partial charge in [-0.1, -0.05) is 36.6 Å². The minimum Gasteiger partial charge on any atom is -0.426 e. The first-order valence-corrected chi connectivity index (χ1v) is 11.5. The molecule has 2 aliphatic heterocycles. The molecule has 33 heavy (non-hydrogen) atoms. The molecule has 0 radical (unpaired) electrons. The molecule has 2 heterocycles. The molecule has 2 aromatic rings. The topological polar surface area (TPSA) is 84.0 Å². The summed E-state index contributed by atoms with van der Waals surface area (Å²) in [5.74, 6) is -1.75. The second-order valence-corrected chi connectivity index (χ2v) is 9.17. The zero-order valence-electron chi connectivity index (χ0n) is 18.5. The molecule has 0 N–H and O–H groups in total. The third kappa shape index (κ3) is 3.92. The minimum atomic E-state index is -0.583. The van der Waals surface area contributed by atoms with Crippen LogP contribution in [0.25, 0.3) is 0 Å². The third-order valence-electron chi connectivity index (χ3n) is 6.94. The molecule has 1 aliphatic carbocycles. The van der Waals surface area contributed by atoms with Crippen LogP contribution < -0.4 is 14.5 Å². The highest BCUT2D eigenvalue weighted by atomic mass is 16.5. The van der Waals surface area contributed by atoms with Crippen LogP contribution in [0.3, 0.4) is 0 Å². The van der Waals surface area contributed by atoms with E-state index in [1.54, 1.807) is 29.2 Å². The third-order valence-corrected chi connectivity index (χ3v) is 6.94. The number of hydrogen-bond donors (Lipinski definition) is 0. The molecule has 3 amide bonds. The van der Waals surface area contributed by atoms with Crippen LogP contribution >= 0.6 is 0 Å². The molecule has 3 aliphatic rings. The van der Waals surface area contributed by atoms with Crippen LogP contribution in [0.2, 0.25) is 0 Å². The fourth-order valence-electron chi connectivity index (χ4n) is 5.14. The summed E-state index contributed by atoms with van der Waals surface area (Å²) in [7, 11) is 0. The molecule has 0 unspecified atom stereocenters. The van der Waals surface area contributed by atoms with Crippen molar-refractivity contribution in [1.29, 1.82) is 0 Å². The Hall–Kier alpha value is -3.48. The van der Waals surface area contributed by atoms with Gasteiger partial charge >= 0.3 is 5.97 Å². The van der Waals surface area contributed by atoms with Gasteiger partial charge in [-0.3, -0.25) is 19.2 Å². The van der Waals surface area contributed by atoms with Crippen molar-refractivity contribution < 1.29 is 23.9 Å². The van der Waals surface area contributed by atoms with Gasteiger partial charge in [0.1, 0.15) is 5.75 Å². The van der Waals surface area contributed by atoms with E-state index in [4.69, 9.17) is 4.74 Å². The maximum absolute atomic E-state index is 12.9. The van der Waals surface area contributed by atoms with Crippen molar-refractivity contribution in [2.75, 3.05) is 16.3 Å². The van der Waals surface area contributed by atoms with Gasteiger partial charge in [0.2, 0.25) is 17.7 Å². The first-order chi connectivity index (χ1) is 15.9. The molecule has 2 aromatic carbocycles. The number of rotatable bonds is 4. The lowest BCUT2D eigenvalue weighted by atomic mass is 9.81. The van der Waals surface area contributed by atoms with E-state index in [9.17, 15) is 19.2 Å². The molecule has 3 atom stereocenters. The van der Waals surface area contributed by atoms with Crippen LogP contribution in [0.4, 0.5) is 11.4 Å². The van der Waals surface area contributed by atoms with Gasteiger partial charge < -0.3 is 9.64 Å². The van der Waals surface area contributed by atoms with E-state index < -0.39 is 11.9 Å². The van der Waals surface area contributed by atoms with Crippen molar-refractivity contribution in [3.05, 3.63) is 54.1 Å². The normalized spacial score (nSPS) is 24.9. The Labute approximate surface area is 192 Å². The number of hydrogen-bond acceptors (Lipinski definition) is 5. The summed E-state index contributed by atoms with van der Waals surface area (Å²) in [6.07, 6.45) is 3.50. The second-order valence-electron chi connectivity index (χ2n) is 9.17. The van der Waals surface area contributed by atoms with Crippen LogP contribution in [0.15, 0.2) is 48.5 Å². The van der Waals surface area contributed by atoms with Gasteiger partial charge in [-0.15, -0.1) is 0 Å². The molecular formula is C26H26N2O5. The van der Waals surface area contributed by atoms with E-state index in [0.717, 1.165) is 36.9 Å². The highest BCUT2D eigenvalue weighted by Gasteiger charge is 2.48. The van der Waals surface area contributed by atoms with Crippen LogP contribution in [-0.4, -0.2) is 30.2 Å². The maximum atomic E-state index is 12.9. The van der Waals surface area contributed by atoms with Gasteiger partial charge in [0.15, 0.2) is 0 Å². The minimum absolute atomic E-state index is 0.0822. The summed E-state index contributed by atoms with van der Waals surface area (Å²) in [5, 5.41) is 0. The summed E-state index contributed by atoms with van der Waals surface area (Å²) in [4.78, 5) is 53.9. The molecule has 7 nitrogen and oxygen atoms in total. The Morgan fingerprint density at radius 3 is 2.24 bits per heavy atom. The van der Waals surface area contributed by atoms with Gasteiger partial charge in [0.05, 0.1) is 23.4 Å². The summed E-state index contributed by atoms with van der Waals surface area (Å²) in [6.45, 7) is 2.23. The Balaban J connectivity index is 1.29. The Morgan fingerprint density at radius 1 is 0.909 bits per heavy atom. The first kappa shape index (κ1) is 21.4. The van der Waals surface area contributed by atoms with E-state index >= 15 is 0 Å². The second kappa shape index (κ2) is 8.46. The maximum Gasteiger partial charge on any atom is 0.316 e. The van der Waals surface area contributed by atoms with E-state index in [1.807, 2.05) is 31.2 Å². The van der Waals surface area contributed by atoms with Gasteiger partial charge in [0.25, 0.3) is 0 Å². The summed E-state index contributed by atoms with van der Waals surface area (Å²) in [6, 6.07) is 14.1. The molecular weight excluding hydrogens is 420 g/mol. The molecule has 0 bridgehead atoms. The monoisotopic (exact) mass is 446 g/mol. The largest absolute Gasteiger partial charge is 0.426 e. The fourth-order valence-corrected chi connectivity index (χ4v) is 5.14. The van der Waals surface area contributed by atoms with Crippen LogP contribution in [0.5, 0.6) is 5.75 Å². The number of anilines is 2. The molecule has 7 heteroatoms. The summed E-state index contributed by atoms with van der Waals surface area (Å²) < 4.78 is 5.57. The Morgan fingerprint density at radius 2 is 1.58 bits per heavy atom. The zero-order chi connectivity index (χ0) is 23.1. The number of esters is 1. The van der Waals surface area contributed by atoms with E-state index in [2.05, 4.69) is 0 Å². The van der Waals surface area contributed by atoms with Crippen molar-refractivity contribution in [2.24, 2.45) is 17.8 Å². The van der Waals surface area contributed by atoms with Crippen LogP contribution in [0.1, 0.15) is 37.7 Å². The lowest BCUT2D eigenvalue weighted by Crippen LogP contribution is -2.31. The number of nitrogens with zero attached hydrogens (tertiary/aromatic N) is 2. The number of carbonyl (C=O) groups is 4. The Kier molecular flexibility index (Phi) is 5.48. The molecule has 5 rings (SSSR count). The predicted molar refractivity (Wildman–Crippen MR) is 122 cm³/mol. The van der Waals surface area contributed by atoms with Gasteiger partial charge in [0, 0.05) is 24.7 Å². The number of carbonyl (C=O) groups excluding carboxylic acids is 4. The summed E-state index contributed by atoms with van der Waals surface area (Å²) >= 11 is 0. The van der Waals surface area contributed by atoms with Crippen molar-refractivity contribution in [3.63, 3.8) is 0 Å². The van der Waals surface area contributed by atoms with Gasteiger partial charge in [-0.2, -0.15) is 0 Å². The number of fused-ring (bicyclic) bond motifs is 1. The molecule has 0 spiro atoms. The predicted octanol–water partition coefficient (Wildman–Crippen LogP) is 3.63. The number of benzene rings is 2. The Bertz CT molecular complexity index is 1100. The van der Waals surface area contributed by atoms with E-state index in [0.29, 0.717) is 5.69 Å². The molecule has 170 valence electrons.